The SMILES string of the molecule is CCNC(c1c(F)ccc(C)c1F)C(C)c1ccncc1. The van der Waals surface area contributed by atoms with E-state index in [1.165, 1.54) is 12.1 Å². The van der Waals surface area contributed by atoms with Crippen molar-refractivity contribution in [1.29, 1.82) is 0 Å². The van der Waals surface area contributed by atoms with Gasteiger partial charge in [-0.2, -0.15) is 0 Å². The molecule has 0 amide bonds. The normalized spacial score (nSPS) is 14.0. The Hall–Kier alpha value is -1.81. The van der Waals surface area contributed by atoms with E-state index in [2.05, 4.69) is 10.3 Å². The van der Waals surface area contributed by atoms with E-state index in [0.29, 0.717) is 12.1 Å². The van der Waals surface area contributed by atoms with Crippen LogP contribution in [0.1, 0.15) is 42.5 Å². The first kappa shape index (κ1) is 15.6. The number of nitrogens with zero attached hydrogens (tertiary/aromatic N) is 1. The number of rotatable bonds is 5. The van der Waals surface area contributed by atoms with E-state index in [1.54, 1.807) is 19.3 Å². The molecule has 1 N–H and O–H groups in total. The molecule has 1 aromatic heterocycles. The Morgan fingerprint density at radius 3 is 2.43 bits per heavy atom. The molecule has 0 spiro atoms. The van der Waals surface area contributed by atoms with Gasteiger partial charge in [-0.25, -0.2) is 8.78 Å². The van der Waals surface area contributed by atoms with Crippen molar-refractivity contribution < 1.29 is 8.78 Å². The van der Waals surface area contributed by atoms with E-state index >= 15 is 0 Å². The van der Waals surface area contributed by atoms with Crippen molar-refractivity contribution >= 4 is 0 Å². The lowest BCUT2D eigenvalue weighted by atomic mass is 9.87. The van der Waals surface area contributed by atoms with Gasteiger partial charge in [0.25, 0.3) is 0 Å². The molecule has 2 aromatic rings. The number of aryl methyl sites for hydroxylation is 1. The van der Waals surface area contributed by atoms with E-state index in [0.717, 1.165) is 5.56 Å². The quantitative estimate of drug-likeness (QED) is 0.896. The summed E-state index contributed by atoms with van der Waals surface area (Å²) in [6.07, 6.45) is 3.38. The van der Waals surface area contributed by atoms with Gasteiger partial charge in [0.2, 0.25) is 0 Å². The van der Waals surface area contributed by atoms with Crippen LogP contribution in [-0.2, 0) is 0 Å². The summed E-state index contributed by atoms with van der Waals surface area (Å²) in [5.41, 5.74) is 1.56. The van der Waals surface area contributed by atoms with E-state index in [-0.39, 0.29) is 11.5 Å². The second-order valence-corrected chi connectivity index (χ2v) is 5.20. The van der Waals surface area contributed by atoms with Gasteiger partial charge in [0, 0.05) is 29.9 Å². The van der Waals surface area contributed by atoms with Crippen LogP contribution in [0.25, 0.3) is 0 Å². The molecule has 0 aliphatic carbocycles. The number of hydrogen-bond acceptors (Lipinski definition) is 2. The Balaban J connectivity index is 2.47. The molecular formula is C17H20F2N2. The number of halogens is 2. The van der Waals surface area contributed by atoms with Crippen LogP contribution < -0.4 is 5.32 Å². The van der Waals surface area contributed by atoms with Crippen molar-refractivity contribution in [3.05, 3.63) is 65.0 Å². The van der Waals surface area contributed by atoms with Crippen LogP contribution in [0.15, 0.2) is 36.7 Å². The van der Waals surface area contributed by atoms with Crippen molar-refractivity contribution in [2.24, 2.45) is 0 Å². The molecule has 0 bridgehead atoms. The molecule has 112 valence electrons. The van der Waals surface area contributed by atoms with Gasteiger partial charge in [0.15, 0.2) is 0 Å². The zero-order valence-electron chi connectivity index (χ0n) is 12.5. The van der Waals surface area contributed by atoms with Crippen LogP contribution in [0.5, 0.6) is 0 Å². The average Bonchev–Trinajstić information content (AvgIpc) is 2.50. The molecule has 1 heterocycles. The molecule has 2 rings (SSSR count). The van der Waals surface area contributed by atoms with Crippen LogP contribution in [0, 0.1) is 18.6 Å². The molecule has 0 saturated carbocycles. The van der Waals surface area contributed by atoms with Crippen LogP contribution in [0.4, 0.5) is 8.78 Å². The lowest BCUT2D eigenvalue weighted by molar-refractivity contribution is 0.429. The second-order valence-electron chi connectivity index (χ2n) is 5.20. The number of benzene rings is 1. The monoisotopic (exact) mass is 290 g/mol. The highest BCUT2D eigenvalue weighted by atomic mass is 19.1. The van der Waals surface area contributed by atoms with Gasteiger partial charge in [0.1, 0.15) is 11.6 Å². The number of likely N-dealkylation sites (N-methyl/N-ethyl adjacent to an activating group) is 1. The summed E-state index contributed by atoms with van der Waals surface area (Å²) in [4.78, 5) is 3.99. The standard InChI is InChI=1S/C17H20F2N2/c1-4-21-17(12(3)13-7-9-20-10-8-13)15-14(18)6-5-11(2)16(15)19/h5-10,12,17,21H,4H2,1-3H3. The zero-order chi connectivity index (χ0) is 15.4. The smallest absolute Gasteiger partial charge is 0.133 e. The van der Waals surface area contributed by atoms with Crippen LogP contribution in [0.2, 0.25) is 0 Å². The minimum absolute atomic E-state index is 0.0706. The fourth-order valence-corrected chi connectivity index (χ4v) is 2.57. The fourth-order valence-electron chi connectivity index (χ4n) is 2.57. The Labute approximate surface area is 124 Å². The maximum Gasteiger partial charge on any atom is 0.133 e. The minimum atomic E-state index is -0.509. The first-order valence-corrected chi connectivity index (χ1v) is 7.14. The molecule has 0 aliphatic heterocycles. The third kappa shape index (κ3) is 3.27. The molecule has 4 heteroatoms. The third-order valence-corrected chi connectivity index (χ3v) is 3.79. The van der Waals surface area contributed by atoms with E-state index in [9.17, 15) is 8.78 Å². The van der Waals surface area contributed by atoms with Crippen LogP contribution in [-0.4, -0.2) is 11.5 Å². The lowest BCUT2D eigenvalue weighted by Gasteiger charge is -2.27. The van der Waals surface area contributed by atoms with Crippen LogP contribution in [0.3, 0.4) is 0 Å². The van der Waals surface area contributed by atoms with Crippen molar-refractivity contribution in [1.82, 2.24) is 10.3 Å². The lowest BCUT2D eigenvalue weighted by Crippen LogP contribution is -2.28. The molecule has 0 fully saturated rings. The summed E-state index contributed by atoms with van der Waals surface area (Å²) in [7, 11) is 0. The minimum Gasteiger partial charge on any atom is -0.310 e. The van der Waals surface area contributed by atoms with Crippen molar-refractivity contribution in [2.45, 2.75) is 32.7 Å². The number of aromatic nitrogens is 1. The van der Waals surface area contributed by atoms with Gasteiger partial charge >= 0.3 is 0 Å². The first-order valence-electron chi connectivity index (χ1n) is 7.14. The first-order chi connectivity index (χ1) is 10.1. The Morgan fingerprint density at radius 1 is 1.14 bits per heavy atom. The van der Waals surface area contributed by atoms with Crippen molar-refractivity contribution in [2.75, 3.05) is 6.54 Å². The predicted molar refractivity (Wildman–Crippen MR) is 80.2 cm³/mol. The van der Waals surface area contributed by atoms with E-state index < -0.39 is 17.7 Å². The third-order valence-electron chi connectivity index (χ3n) is 3.79. The highest BCUT2D eigenvalue weighted by molar-refractivity contribution is 5.32. The van der Waals surface area contributed by atoms with Crippen molar-refractivity contribution in [3.8, 4) is 0 Å². The molecule has 2 nitrogen and oxygen atoms in total. The molecule has 0 radical (unpaired) electrons. The van der Waals surface area contributed by atoms with Gasteiger partial charge in [0.05, 0.1) is 0 Å². The highest BCUT2D eigenvalue weighted by Crippen LogP contribution is 2.34. The molecule has 0 aliphatic rings. The maximum absolute atomic E-state index is 14.4. The van der Waals surface area contributed by atoms with Gasteiger partial charge in [-0.3, -0.25) is 4.98 Å². The Bertz CT molecular complexity index is 599. The van der Waals surface area contributed by atoms with Gasteiger partial charge in [-0.05, 0) is 42.8 Å². The summed E-state index contributed by atoms with van der Waals surface area (Å²) in [6, 6.07) is 6.13. The summed E-state index contributed by atoms with van der Waals surface area (Å²) in [5, 5.41) is 3.21. The topological polar surface area (TPSA) is 24.9 Å². The predicted octanol–water partition coefficient (Wildman–Crippen LogP) is 4.12. The van der Waals surface area contributed by atoms with Crippen molar-refractivity contribution in [3.63, 3.8) is 0 Å². The summed E-state index contributed by atoms with van der Waals surface area (Å²) < 4.78 is 28.6. The Morgan fingerprint density at radius 2 is 1.81 bits per heavy atom. The highest BCUT2D eigenvalue weighted by Gasteiger charge is 2.26. The maximum atomic E-state index is 14.4. The molecular weight excluding hydrogens is 270 g/mol. The fraction of sp³-hybridized carbons (Fsp3) is 0.353. The van der Waals surface area contributed by atoms with E-state index in [4.69, 9.17) is 0 Å². The summed E-state index contributed by atoms with van der Waals surface area (Å²) >= 11 is 0. The largest absolute Gasteiger partial charge is 0.310 e. The number of hydrogen-bond donors (Lipinski definition) is 1. The average molecular weight is 290 g/mol. The molecule has 2 unspecified atom stereocenters. The summed E-state index contributed by atoms with van der Waals surface area (Å²) in [6.45, 7) is 6.17. The van der Waals surface area contributed by atoms with Gasteiger partial charge in [-0.15, -0.1) is 0 Å². The number of nitrogens with one attached hydrogen (secondary N) is 1. The molecule has 21 heavy (non-hydrogen) atoms. The number of pyridine rings is 1. The molecule has 0 saturated heterocycles. The van der Waals surface area contributed by atoms with Gasteiger partial charge < -0.3 is 5.32 Å². The second kappa shape index (κ2) is 6.76. The summed E-state index contributed by atoms with van der Waals surface area (Å²) in [5.74, 6) is -1.05. The molecule has 1 aromatic carbocycles. The van der Waals surface area contributed by atoms with E-state index in [1.807, 2.05) is 26.0 Å². The van der Waals surface area contributed by atoms with Crippen LogP contribution >= 0.6 is 0 Å². The molecule has 2 atom stereocenters. The Kier molecular flexibility index (Phi) is 5.02. The zero-order valence-corrected chi connectivity index (χ0v) is 12.5. The van der Waals surface area contributed by atoms with Gasteiger partial charge in [-0.1, -0.05) is 19.9 Å².